The number of hydrogen-bond donors (Lipinski definition) is 4. The molecule has 2 aliphatic carbocycles. The maximum atomic E-state index is 13.7. The molecule has 0 spiro atoms. The van der Waals surface area contributed by atoms with Crippen LogP contribution in [0.4, 0.5) is 4.79 Å². The van der Waals surface area contributed by atoms with Gasteiger partial charge in [-0.1, -0.05) is 82.3 Å². The van der Waals surface area contributed by atoms with E-state index in [2.05, 4.69) is 94.0 Å². The van der Waals surface area contributed by atoms with Gasteiger partial charge in [0.1, 0.15) is 17.7 Å². The summed E-state index contributed by atoms with van der Waals surface area (Å²) >= 11 is 0. The van der Waals surface area contributed by atoms with Crippen molar-refractivity contribution >= 4 is 17.9 Å². The maximum Gasteiger partial charge on any atom is 0.407 e. The fourth-order valence-electron chi connectivity index (χ4n) is 9.43. The Morgan fingerprint density at radius 2 is 1.40 bits per heavy atom. The number of rotatable bonds is 12. The van der Waals surface area contributed by atoms with E-state index in [1.165, 1.54) is 7.11 Å². The Labute approximate surface area is 340 Å². The molecule has 6 atom stereocenters. The molecule has 58 heavy (non-hydrogen) atoms. The number of benzene rings is 2. The van der Waals surface area contributed by atoms with Gasteiger partial charge in [0, 0.05) is 30.9 Å². The van der Waals surface area contributed by atoms with Crippen molar-refractivity contribution in [2.75, 3.05) is 13.7 Å². The normalized spacial score (nSPS) is 21.8. The second-order valence-electron chi connectivity index (χ2n) is 16.9. The Bertz CT molecular complexity index is 2230. The summed E-state index contributed by atoms with van der Waals surface area (Å²) in [6.07, 6.45) is 9.96. The van der Waals surface area contributed by atoms with E-state index >= 15 is 0 Å². The Morgan fingerprint density at radius 1 is 0.776 bits per heavy atom. The highest BCUT2D eigenvalue weighted by Gasteiger charge is 2.52. The van der Waals surface area contributed by atoms with Gasteiger partial charge in [0.15, 0.2) is 0 Å². The van der Waals surface area contributed by atoms with Gasteiger partial charge >= 0.3 is 6.09 Å². The Hall–Kier alpha value is -5.78. The van der Waals surface area contributed by atoms with Crippen molar-refractivity contribution in [3.05, 3.63) is 102 Å². The van der Waals surface area contributed by atoms with Gasteiger partial charge in [-0.15, -0.1) is 0 Å². The van der Waals surface area contributed by atoms with Gasteiger partial charge in [0.25, 0.3) is 0 Å². The van der Waals surface area contributed by atoms with Crippen molar-refractivity contribution in [1.29, 1.82) is 0 Å². The molecule has 5 aromatic rings. The predicted molar refractivity (Wildman–Crippen MR) is 222 cm³/mol. The summed E-state index contributed by atoms with van der Waals surface area (Å²) in [5, 5.41) is 5.93. The number of hydrogen-bond acceptors (Lipinski definition) is 7. The Kier molecular flexibility index (Phi) is 11.2. The number of fused-ring (bicyclic) bond motifs is 2. The number of carbonyl (C=O) groups is 3. The van der Waals surface area contributed by atoms with Crippen LogP contribution < -0.4 is 10.6 Å². The molecule has 0 radical (unpaired) electrons. The van der Waals surface area contributed by atoms with Gasteiger partial charge in [-0.2, -0.15) is 0 Å². The Balaban J connectivity index is 0.907. The van der Waals surface area contributed by atoms with E-state index in [-0.39, 0.29) is 35.6 Å². The van der Waals surface area contributed by atoms with Crippen LogP contribution in [0.25, 0.3) is 33.6 Å². The third-order valence-corrected chi connectivity index (χ3v) is 12.6. The third kappa shape index (κ3) is 7.88. The predicted octanol–water partition coefficient (Wildman–Crippen LogP) is 8.14. The average molecular weight is 783 g/mol. The Morgan fingerprint density at radius 3 is 2.00 bits per heavy atom. The SMILES string of the molecule is COC(=O)N[C@H](C(=O)N1CCC[C@H]1c1ncc(-c2ccc(-c3ccc(-c4cnc(C5C6CCC(C6)[C@@H]5C(=O)NCc5ccc(C(C)C)nc5)[nH]4)cc3)cc2)[nH]1)C(C)C. The third-order valence-electron chi connectivity index (χ3n) is 12.6. The molecule has 12 nitrogen and oxygen atoms in total. The molecule has 302 valence electrons. The van der Waals surface area contributed by atoms with E-state index in [0.717, 1.165) is 88.7 Å². The summed E-state index contributed by atoms with van der Waals surface area (Å²) in [7, 11) is 1.30. The number of methoxy groups -OCH3 is 1. The van der Waals surface area contributed by atoms with Crippen molar-refractivity contribution in [1.82, 2.24) is 40.5 Å². The van der Waals surface area contributed by atoms with Gasteiger partial charge in [0.2, 0.25) is 11.8 Å². The van der Waals surface area contributed by atoms with Crippen LogP contribution in [0, 0.1) is 23.7 Å². The van der Waals surface area contributed by atoms with Crippen molar-refractivity contribution in [2.24, 2.45) is 23.7 Å². The summed E-state index contributed by atoms with van der Waals surface area (Å²) in [5.74, 6) is 2.77. The quantitative estimate of drug-likeness (QED) is 0.0995. The van der Waals surface area contributed by atoms with Gasteiger partial charge in [0.05, 0.1) is 42.9 Å². The fourth-order valence-corrected chi connectivity index (χ4v) is 9.43. The standard InChI is InChI=1S/C46H54N8O4/c1-26(2)35-19-8-28(22-47-35)23-50-44(55)40-34-18-17-33(21-34)39(40)43-49-25-37(52-43)32-15-11-30(12-16-32)29-9-13-31(14-10-29)36-24-48-42(51-36)38-7-6-20-54(38)45(56)41(27(3)4)53-46(57)58-5/h8-16,19,22,24-27,33-34,38-41H,6-7,17-18,20-21,23H2,1-5H3,(H,48,51)(H,49,52)(H,50,55)(H,53,57)/t33?,34?,38-,39?,40-,41-/m0/s1. The highest BCUT2D eigenvalue weighted by molar-refractivity contribution is 5.86. The number of aromatic nitrogens is 5. The van der Waals surface area contributed by atoms with Gasteiger partial charge < -0.3 is 30.2 Å². The lowest BCUT2D eigenvalue weighted by Gasteiger charge is -2.30. The number of imidazole rings is 2. The zero-order chi connectivity index (χ0) is 40.5. The zero-order valence-corrected chi connectivity index (χ0v) is 34.0. The molecular formula is C46H54N8O4. The summed E-state index contributed by atoms with van der Waals surface area (Å²) in [6, 6.07) is 20.1. The smallest absolute Gasteiger partial charge is 0.407 e. The van der Waals surface area contributed by atoms with Crippen molar-refractivity contribution < 1.29 is 19.1 Å². The largest absolute Gasteiger partial charge is 0.453 e. The fraction of sp³-hybridized carbons (Fsp3) is 0.435. The highest BCUT2D eigenvalue weighted by atomic mass is 16.5. The van der Waals surface area contributed by atoms with Crippen LogP contribution in [-0.4, -0.2) is 67.4 Å². The number of alkyl carbamates (subject to hydrolysis) is 1. The van der Waals surface area contributed by atoms with E-state index in [1.807, 2.05) is 43.4 Å². The number of pyridine rings is 1. The lowest BCUT2D eigenvalue weighted by Crippen LogP contribution is -2.51. The van der Waals surface area contributed by atoms with Gasteiger partial charge in [-0.3, -0.25) is 14.6 Å². The topological polar surface area (TPSA) is 158 Å². The molecule has 3 fully saturated rings. The van der Waals surface area contributed by atoms with Crippen LogP contribution in [0.3, 0.4) is 0 Å². The summed E-state index contributed by atoms with van der Waals surface area (Å²) in [4.78, 5) is 62.2. The first-order valence-electron chi connectivity index (χ1n) is 20.8. The number of aromatic amines is 2. The average Bonchev–Trinajstić information content (AvgIpc) is 4.10. The van der Waals surface area contributed by atoms with Crippen LogP contribution in [0.2, 0.25) is 0 Å². The van der Waals surface area contributed by atoms with Crippen LogP contribution in [0.15, 0.2) is 79.3 Å². The molecule has 1 saturated heterocycles. The van der Waals surface area contributed by atoms with Crippen molar-refractivity contribution in [3.63, 3.8) is 0 Å². The summed E-state index contributed by atoms with van der Waals surface area (Å²) in [6.45, 7) is 9.17. The number of H-pyrrole nitrogens is 2. The number of amides is 3. The first kappa shape index (κ1) is 39.1. The minimum atomic E-state index is -0.678. The lowest BCUT2D eigenvalue weighted by atomic mass is 9.78. The first-order valence-corrected chi connectivity index (χ1v) is 20.8. The molecule has 12 heteroatoms. The molecule has 3 aliphatic rings. The second kappa shape index (κ2) is 16.6. The molecule has 3 unspecified atom stereocenters. The lowest BCUT2D eigenvalue weighted by molar-refractivity contribution is -0.135. The van der Waals surface area contributed by atoms with Gasteiger partial charge in [-0.05, 0) is 89.7 Å². The second-order valence-corrected chi connectivity index (χ2v) is 16.9. The maximum absolute atomic E-state index is 13.7. The molecule has 4 N–H and O–H groups in total. The van der Waals surface area contributed by atoms with E-state index < -0.39 is 12.1 Å². The minimum Gasteiger partial charge on any atom is -0.453 e. The number of nitrogens with one attached hydrogen (secondary N) is 4. The monoisotopic (exact) mass is 782 g/mol. The molecule has 3 aromatic heterocycles. The molecular weight excluding hydrogens is 729 g/mol. The number of likely N-dealkylation sites (tertiary alicyclic amines) is 1. The summed E-state index contributed by atoms with van der Waals surface area (Å²) < 4.78 is 4.77. The molecule has 8 rings (SSSR count). The van der Waals surface area contributed by atoms with E-state index in [4.69, 9.17) is 14.7 Å². The van der Waals surface area contributed by atoms with Crippen molar-refractivity contribution in [3.8, 4) is 33.6 Å². The molecule has 4 heterocycles. The van der Waals surface area contributed by atoms with Crippen LogP contribution >= 0.6 is 0 Å². The number of nitrogens with zero attached hydrogens (tertiary/aromatic N) is 4. The highest BCUT2D eigenvalue weighted by Crippen LogP contribution is 2.56. The minimum absolute atomic E-state index is 0.0831. The molecule has 2 aromatic carbocycles. The van der Waals surface area contributed by atoms with E-state index in [0.29, 0.717) is 30.8 Å². The summed E-state index contributed by atoms with van der Waals surface area (Å²) in [5.41, 5.74) is 8.13. The molecule has 2 bridgehead atoms. The first-order chi connectivity index (χ1) is 28.1. The molecule has 3 amide bonds. The zero-order valence-electron chi connectivity index (χ0n) is 34.0. The van der Waals surface area contributed by atoms with Crippen LogP contribution in [-0.2, 0) is 20.9 Å². The van der Waals surface area contributed by atoms with Crippen LogP contribution in [0.1, 0.15) is 101 Å². The molecule has 2 saturated carbocycles. The van der Waals surface area contributed by atoms with Crippen LogP contribution in [0.5, 0.6) is 0 Å². The number of carbonyl (C=O) groups excluding carboxylic acids is 3. The number of ether oxygens (including phenoxy) is 1. The van der Waals surface area contributed by atoms with E-state index in [9.17, 15) is 14.4 Å². The van der Waals surface area contributed by atoms with E-state index in [1.54, 1.807) is 0 Å². The van der Waals surface area contributed by atoms with Crippen molar-refractivity contribution in [2.45, 2.75) is 90.3 Å². The van der Waals surface area contributed by atoms with Gasteiger partial charge in [-0.25, -0.2) is 14.8 Å². The molecule has 1 aliphatic heterocycles.